The van der Waals surface area contributed by atoms with Gasteiger partial charge in [0.05, 0.1) is 12.5 Å². The number of benzene rings is 1. The van der Waals surface area contributed by atoms with Crippen molar-refractivity contribution < 1.29 is 14.3 Å². The SMILES string of the molecule is COc1cccc(C(C)OC(=O)C(C)(C)C)c1. The first-order valence-electron chi connectivity index (χ1n) is 5.69. The number of ether oxygens (including phenoxy) is 2. The average Bonchev–Trinajstić information content (AvgIpc) is 2.27. The van der Waals surface area contributed by atoms with Gasteiger partial charge in [-0.05, 0) is 45.4 Å². The summed E-state index contributed by atoms with van der Waals surface area (Å²) in [4.78, 5) is 11.7. The summed E-state index contributed by atoms with van der Waals surface area (Å²) in [5.41, 5.74) is 0.453. The van der Waals surface area contributed by atoms with Gasteiger partial charge in [-0.3, -0.25) is 4.79 Å². The highest BCUT2D eigenvalue weighted by Crippen LogP contribution is 2.25. The number of esters is 1. The molecule has 3 heteroatoms. The van der Waals surface area contributed by atoms with E-state index in [0.29, 0.717) is 0 Å². The molecule has 0 aliphatic heterocycles. The fraction of sp³-hybridized carbons (Fsp3) is 0.500. The fourth-order valence-corrected chi connectivity index (χ4v) is 1.30. The van der Waals surface area contributed by atoms with Gasteiger partial charge in [-0.15, -0.1) is 0 Å². The van der Waals surface area contributed by atoms with Crippen molar-refractivity contribution in [2.75, 3.05) is 7.11 Å². The molecule has 0 N–H and O–H groups in total. The first-order chi connectivity index (χ1) is 7.84. The van der Waals surface area contributed by atoms with Gasteiger partial charge in [0, 0.05) is 0 Å². The van der Waals surface area contributed by atoms with Gasteiger partial charge in [-0.2, -0.15) is 0 Å². The minimum Gasteiger partial charge on any atom is -0.497 e. The Kier molecular flexibility index (Phi) is 4.16. The van der Waals surface area contributed by atoms with Crippen LogP contribution in [0.3, 0.4) is 0 Å². The van der Waals surface area contributed by atoms with Gasteiger partial charge in [0.25, 0.3) is 0 Å². The molecule has 94 valence electrons. The normalized spacial score (nSPS) is 13.0. The second-order valence-electron chi connectivity index (χ2n) is 5.07. The Morgan fingerprint density at radius 2 is 1.94 bits per heavy atom. The van der Waals surface area contributed by atoms with Crippen LogP contribution in [-0.2, 0) is 9.53 Å². The van der Waals surface area contributed by atoms with Gasteiger partial charge >= 0.3 is 5.97 Å². The molecule has 3 nitrogen and oxygen atoms in total. The maximum Gasteiger partial charge on any atom is 0.311 e. The smallest absolute Gasteiger partial charge is 0.311 e. The predicted octanol–water partition coefficient (Wildman–Crippen LogP) is 3.35. The molecule has 0 aliphatic carbocycles. The van der Waals surface area contributed by atoms with E-state index < -0.39 is 5.41 Å². The molecule has 1 rings (SSSR count). The lowest BCUT2D eigenvalue weighted by Crippen LogP contribution is -2.24. The zero-order valence-electron chi connectivity index (χ0n) is 11.1. The van der Waals surface area contributed by atoms with Crippen LogP contribution in [0.15, 0.2) is 24.3 Å². The van der Waals surface area contributed by atoms with Crippen LogP contribution >= 0.6 is 0 Å². The molecule has 0 spiro atoms. The van der Waals surface area contributed by atoms with Crippen LogP contribution < -0.4 is 4.74 Å². The second kappa shape index (κ2) is 5.21. The Balaban J connectivity index is 2.76. The zero-order valence-corrected chi connectivity index (χ0v) is 11.1. The van der Waals surface area contributed by atoms with Crippen molar-refractivity contribution in [2.24, 2.45) is 5.41 Å². The molecule has 0 amide bonds. The van der Waals surface area contributed by atoms with Crippen LogP contribution in [-0.4, -0.2) is 13.1 Å². The lowest BCUT2D eigenvalue weighted by molar-refractivity contribution is -0.158. The maximum absolute atomic E-state index is 11.7. The molecular formula is C14H20O3. The minimum absolute atomic E-state index is 0.201. The summed E-state index contributed by atoms with van der Waals surface area (Å²) in [6, 6.07) is 7.54. The van der Waals surface area contributed by atoms with Gasteiger partial charge in [0.2, 0.25) is 0 Å². The highest BCUT2D eigenvalue weighted by Gasteiger charge is 2.25. The van der Waals surface area contributed by atoms with Crippen molar-refractivity contribution in [2.45, 2.75) is 33.8 Å². The molecular weight excluding hydrogens is 216 g/mol. The summed E-state index contributed by atoms with van der Waals surface area (Å²) in [6.45, 7) is 7.38. The number of hydrogen-bond acceptors (Lipinski definition) is 3. The average molecular weight is 236 g/mol. The molecule has 1 unspecified atom stereocenters. The standard InChI is InChI=1S/C14H20O3/c1-10(17-13(15)14(2,3)4)11-7-6-8-12(9-11)16-5/h6-10H,1-5H3. The summed E-state index contributed by atoms with van der Waals surface area (Å²) in [5, 5.41) is 0. The van der Waals surface area contributed by atoms with E-state index in [1.165, 1.54) is 0 Å². The van der Waals surface area contributed by atoms with Crippen LogP contribution in [0, 0.1) is 5.41 Å². The summed E-state index contributed by atoms with van der Waals surface area (Å²) < 4.78 is 10.5. The largest absolute Gasteiger partial charge is 0.497 e. The molecule has 0 radical (unpaired) electrons. The first-order valence-corrected chi connectivity index (χ1v) is 5.69. The number of carbonyl (C=O) groups is 1. The molecule has 0 aliphatic rings. The van der Waals surface area contributed by atoms with E-state index in [-0.39, 0.29) is 12.1 Å². The summed E-state index contributed by atoms with van der Waals surface area (Å²) in [7, 11) is 1.62. The summed E-state index contributed by atoms with van der Waals surface area (Å²) in [5.74, 6) is 0.564. The quantitative estimate of drug-likeness (QED) is 0.755. The van der Waals surface area contributed by atoms with Crippen LogP contribution in [0.5, 0.6) is 5.75 Å². The van der Waals surface area contributed by atoms with E-state index in [1.807, 2.05) is 52.0 Å². The van der Waals surface area contributed by atoms with Crippen molar-refractivity contribution in [3.8, 4) is 5.75 Å². The Morgan fingerprint density at radius 1 is 1.29 bits per heavy atom. The van der Waals surface area contributed by atoms with Crippen LogP contribution in [0.2, 0.25) is 0 Å². The van der Waals surface area contributed by atoms with E-state index in [9.17, 15) is 4.79 Å². The van der Waals surface area contributed by atoms with E-state index in [1.54, 1.807) is 7.11 Å². The molecule has 1 aromatic carbocycles. The lowest BCUT2D eigenvalue weighted by Gasteiger charge is -2.21. The minimum atomic E-state index is -0.479. The van der Waals surface area contributed by atoms with Crippen LogP contribution in [0.4, 0.5) is 0 Å². The van der Waals surface area contributed by atoms with Gasteiger partial charge in [-0.1, -0.05) is 12.1 Å². The number of carbonyl (C=O) groups excluding carboxylic acids is 1. The second-order valence-corrected chi connectivity index (χ2v) is 5.07. The summed E-state index contributed by atoms with van der Waals surface area (Å²) >= 11 is 0. The van der Waals surface area contributed by atoms with Crippen LogP contribution in [0.1, 0.15) is 39.4 Å². The fourth-order valence-electron chi connectivity index (χ4n) is 1.30. The number of hydrogen-bond donors (Lipinski definition) is 0. The van der Waals surface area contributed by atoms with Crippen molar-refractivity contribution >= 4 is 5.97 Å². The van der Waals surface area contributed by atoms with Crippen molar-refractivity contribution in [3.63, 3.8) is 0 Å². The van der Waals surface area contributed by atoms with E-state index in [0.717, 1.165) is 11.3 Å². The zero-order chi connectivity index (χ0) is 13.1. The van der Waals surface area contributed by atoms with Crippen LogP contribution in [0.25, 0.3) is 0 Å². The van der Waals surface area contributed by atoms with Crippen molar-refractivity contribution in [1.82, 2.24) is 0 Å². The Bertz CT molecular complexity index is 391. The highest BCUT2D eigenvalue weighted by atomic mass is 16.5. The Labute approximate surface area is 103 Å². The van der Waals surface area contributed by atoms with E-state index in [4.69, 9.17) is 9.47 Å². The number of methoxy groups -OCH3 is 1. The number of rotatable bonds is 3. The van der Waals surface area contributed by atoms with E-state index in [2.05, 4.69) is 0 Å². The lowest BCUT2D eigenvalue weighted by atomic mass is 9.97. The molecule has 0 saturated carbocycles. The molecule has 1 atom stereocenters. The monoisotopic (exact) mass is 236 g/mol. The third-order valence-corrected chi connectivity index (χ3v) is 2.46. The predicted molar refractivity (Wildman–Crippen MR) is 67.0 cm³/mol. The topological polar surface area (TPSA) is 35.5 Å². The first kappa shape index (κ1) is 13.6. The van der Waals surface area contributed by atoms with E-state index >= 15 is 0 Å². The Morgan fingerprint density at radius 3 is 2.47 bits per heavy atom. The molecule has 0 aromatic heterocycles. The maximum atomic E-state index is 11.7. The summed E-state index contributed by atoms with van der Waals surface area (Å²) in [6.07, 6.45) is -0.267. The third kappa shape index (κ3) is 3.77. The molecule has 1 aromatic rings. The Hall–Kier alpha value is -1.51. The van der Waals surface area contributed by atoms with Crippen molar-refractivity contribution in [3.05, 3.63) is 29.8 Å². The third-order valence-electron chi connectivity index (χ3n) is 2.46. The molecule has 0 heterocycles. The molecule has 0 bridgehead atoms. The van der Waals surface area contributed by atoms with Crippen molar-refractivity contribution in [1.29, 1.82) is 0 Å². The van der Waals surface area contributed by atoms with Gasteiger partial charge < -0.3 is 9.47 Å². The molecule has 17 heavy (non-hydrogen) atoms. The van der Waals surface area contributed by atoms with Gasteiger partial charge in [0.1, 0.15) is 11.9 Å². The molecule has 0 fully saturated rings. The molecule has 0 saturated heterocycles. The van der Waals surface area contributed by atoms with Gasteiger partial charge in [-0.25, -0.2) is 0 Å². The van der Waals surface area contributed by atoms with Gasteiger partial charge in [0.15, 0.2) is 0 Å². The highest BCUT2D eigenvalue weighted by molar-refractivity contribution is 5.75.